The maximum Gasteiger partial charge on any atom is 0.223 e. The van der Waals surface area contributed by atoms with Gasteiger partial charge in [0.1, 0.15) is 0 Å². The Hall–Kier alpha value is -1.38. The van der Waals surface area contributed by atoms with Crippen molar-refractivity contribution in [3.63, 3.8) is 0 Å². The second-order valence-corrected chi connectivity index (χ2v) is 4.02. The number of amides is 1. The van der Waals surface area contributed by atoms with Crippen molar-refractivity contribution >= 4 is 5.91 Å². The van der Waals surface area contributed by atoms with Crippen molar-refractivity contribution in [1.82, 2.24) is 10.3 Å². The first-order chi connectivity index (χ1) is 7.36. The number of hydrogen-bond acceptors (Lipinski definition) is 2. The molecule has 2 rings (SSSR count). The summed E-state index contributed by atoms with van der Waals surface area (Å²) in [6.45, 7) is 0.852. The third-order valence-corrected chi connectivity index (χ3v) is 2.93. The van der Waals surface area contributed by atoms with Gasteiger partial charge in [-0.1, -0.05) is 0 Å². The van der Waals surface area contributed by atoms with Gasteiger partial charge in [0.2, 0.25) is 5.91 Å². The Balaban J connectivity index is 1.85. The molecule has 3 heteroatoms. The van der Waals surface area contributed by atoms with Crippen LogP contribution in [0.1, 0.15) is 24.8 Å². The zero-order chi connectivity index (χ0) is 10.5. The number of piperidine rings is 1. The van der Waals surface area contributed by atoms with Crippen LogP contribution in [0.3, 0.4) is 0 Å². The number of aromatic nitrogens is 1. The van der Waals surface area contributed by atoms with E-state index in [0.717, 1.165) is 32.2 Å². The molecule has 1 N–H and O–H groups in total. The van der Waals surface area contributed by atoms with Crippen LogP contribution in [0, 0.1) is 5.92 Å². The first-order valence-electron chi connectivity index (χ1n) is 5.53. The van der Waals surface area contributed by atoms with Crippen LogP contribution in [-0.4, -0.2) is 17.4 Å². The molecule has 80 valence electrons. The van der Waals surface area contributed by atoms with Crippen molar-refractivity contribution in [3.05, 3.63) is 30.1 Å². The van der Waals surface area contributed by atoms with E-state index in [1.54, 1.807) is 12.4 Å². The van der Waals surface area contributed by atoms with E-state index < -0.39 is 0 Å². The van der Waals surface area contributed by atoms with E-state index >= 15 is 0 Å². The Kier molecular flexibility index (Phi) is 3.33. The minimum atomic E-state index is 0.215. The van der Waals surface area contributed by atoms with E-state index in [9.17, 15) is 4.79 Å². The zero-order valence-electron chi connectivity index (χ0n) is 8.78. The Labute approximate surface area is 89.9 Å². The highest BCUT2D eigenvalue weighted by atomic mass is 16.1. The lowest BCUT2D eigenvalue weighted by Crippen LogP contribution is -2.36. The van der Waals surface area contributed by atoms with Crippen molar-refractivity contribution in [2.24, 2.45) is 5.92 Å². The standard InChI is InChI=1S/C12H16N2O/c15-12-11(2-1-7-14-12)4-3-10-5-8-13-9-6-10/h5-6,8-9,11H,1-4,7H2,(H,14,15). The lowest BCUT2D eigenvalue weighted by atomic mass is 9.92. The van der Waals surface area contributed by atoms with Gasteiger partial charge in [0, 0.05) is 24.9 Å². The minimum absolute atomic E-state index is 0.215. The molecule has 1 aromatic heterocycles. The number of rotatable bonds is 3. The number of hydrogen-bond donors (Lipinski definition) is 1. The molecule has 1 fully saturated rings. The van der Waals surface area contributed by atoms with E-state index in [1.165, 1.54) is 5.56 Å². The number of carbonyl (C=O) groups is 1. The Morgan fingerprint density at radius 1 is 1.40 bits per heavy atom. The maximum atomic E-state index is 11.5. The molecule has 1 aliphatic rings. The van der Waals surface area contributed by atoms with E-state index in [2.05, 4.69) is 10.3 Å². The summed E-state index contributed by atoms with van der Waals surface area (Å²) >= 11 is 0. The third kappa shape index (κ3) is 2.78. The molecular formula is C12H16N2O. The molecule has 0 aromatic carbocycles. The molecule has 1 aliphatic heterocycles. The van der Waals surface area contributed by atoms with Crippen molar-refractivity contribution in [2.75, 3.05) is 6.54 Å². The average Bonchev–Trinajstić information content (AvgIpc) is 2.29. The summed E-state index contributed by atoms with van der Waals surface area (Å²) in [5, 5.41) is 2.92. The minimum Gasteiger partial charge on any atom is -0.356 e. The second kappa shape index (κ2) is 4.91. The van der Waals surface area contributed by atoms with Gasteiger partial charge in [-0.25, -0.2) is 0 Å². The number of nitrogens with zero attached hydrogens (tertiary/aromatic N) is 1. The lowest BCUT2D eigenvalue weighted by molar-refractivity contribution is -0.126. The molecule has 1 amide bonds. The molecule has 0 radical (unpaired) electrons. The molecular weight excluding hydrogens is 188 g/mol. The quantitative estimate of drug-likeness (QED) is 0.811. The van der Waals surface area contributed by atoms with Gasteiger partial charge in [-0.15, -0.1) is 0 Å². The summed E-state index contributed by atoms with van der Waals surface area (Å²) in [7, 11) is 0. The van der Waals surface area contributed by atoms with Crippen LogP contribution in [0.2, 0.25) is 0 Å². The number of carbonyl (C=O) groups excluding carboxylic acids is 1. The van der Waals surface area contributed by atoms with Crippen LogP contribution in [0.15, 0.2) is 24.5 Å². The molecule has 0 saturated carbocycles. The largest absolute Gasteiger partial charge is 0.356 e. The summed E-state index contributed by atoms with van der Waals surface area (Å²) in [5.74, 6) is 0.447. The van der Waals surface area contributed by atoms with Gasteiger partial charge in [-0.3, -0.25) is 9.78 Å². The molecule has 1 aromatic rings. The number of aryl methyl sites for hydroxylation is 1. The Morgan fingerprint density at radius 2 is 2.20 bits per heavy atom. The highest BCUT2D eigenvalue weighted by Gasteiger charge is 2.21. The summed E-state index contributed by atoms with van der Waals surface area (Å²) in [5.41, 5.74) is 1.27. The summed E-state index contributed by atoms with van der Waals surface area (Å²) < 4.78 is 0. The SMILES string of the molecule is O=C1NCCCC1CCc1ccncc1. The van der Waals surface area contributed by atoms with E-state index in [4.69, 9.17) is 0 Å². The van der Waals surface area contributed by atoms with Crippen LogP contribution in [0.25, 0.3) is 0 Å². The van der Waals surface area contributed by atoms with Crippen LogP contribution in [-0.2, 0) is 11.2 Å². The third-order valence-electron chi connectivity index (χ3n) is 2.93. The summed E-state index contributed by atoms with van der Waals surface area (Å²) in [4.78, 5) is 15.5. The van der Waals surface area contributed by atoms with E-state index in [0.29, 0.717) is 0 Å². The van der Waals surface area contributed by atoms with Gasteiger partial charge in [-0.05, 0) is 43.4 Å². The molecule has 3 nitrogen and oxygen atoms in total. The predicted octanol–water partition coefficient (Wildman–Crippen LogP) is 1.54. The zero-order valence-corrected chi connectivity index (χ0v) is 8.78. The summed E-state index contributed by atoms with van der Waals surface area (Å²) in [6.07, 6.45) is 7.69. The Bertz CT molecular complexity index is 324. The van der Waals surface area contributed by atoms with Gasteiger partial charge >= 0.3 is 0 Å². The van der Waals surface area contributed by atoms with Gasteiger partial charge in [0.25, 0.3) is 0 Å². The molecule has 0 aliphatic carbocycles. The van der Waals surface area contributed by atoms with E-state index in [-0.39, 0.29) is 11.8 Å². The first kappa shape index (κ1) is 10.1. The van der Waals surface area contributed by atoms with Crippen LogP contribution < -0.4 is 5.32 Å². The average molecular weight is 204 g/mol. The topological polar surface area (TPSA) is 42.0 Å². The monoisotopic (exact) mass is 204 g/mol. The smallest absolute Gasteiger partial charge is 0.223 e. The fourth-order valence-electron chi connectivity index (χ4n) is 2.00. The van der Waals surface area contributed by atoms with Gasteiger partial charge in [0.15, 0.2) is 0 Å². The Morgan fingerprint density at radius 3 is 2.93 bits per heavy atom. The van der Waals surface area contributed by atoms with Crippen molar-refractivity contribution < 1.29 is 4.79 Å². The lowest BCUT2D eigenvalue weighted by Gasteiger charge is -2.21. The maximum absolute atomic E-state index is 11.5. The number of pyridine rings is 1. The van der Waals surface area contributed by atoms with Gasteiger partial charge < -0.3 is 5.32 Å². The van der Waals surface area contributed by atoms with Crippen molar-refractivity contribution in [3.8, 4) is 0 Å². The highest BCUT2D eigenvalue weighted by Crippen LogP contribution is 2.17. The molecule has 0 bridgehead atoms. The second-order valence-electron chi connectivity index (χ2n) is 4.02. The van der Waals surface area contributed by atoms with E-state index in [1.807, 2.05) is 12.1 Å². The van der Waals surface area contributed by atoms with Crippen molar-refractivity contribution in [2.45, 2.75) is 25.7 Å². The molecule has 15 heavy (non-hydrogen) atoms. The molecule has 0 spiro atoms. The van der Waals surface area contributed by atoms with Crippen LogP contribution >= 0.6 is 0 Å². The fourth-order valence-corrected chi connectivity index (χ4v) is 2.00. The first-order valence-corrected chi connectivity index (χ1v) is 5.53. The molecule has 2 heterocycles. The van der Waals surface area contributed by atoms with Crippen LogP contribution in [0.5, 0.6) is 0 Å². The van der Waals surface area contributed by atoms with Gasteiger partial charge in [-0.2, -0.15) is 0 Å². The number of nitrogens with one attached hydrogen (secondary N) is 1. The fraction of sp³-hybridized carbons (Fsp3) is 0.500. The highest BCUT2D eigenvalue weighted by molar-refractivity contribution is 5.79. The molecule has 1 atom stereocenters. The molecule has 1 unspecified atom stereocenters. The van der Waals surface area contributed by atoms with Gasteiger partial charge in [0.05, 0.1) is 0 Å². The summed E-state index contributed by atoms with van der Waals surface area (Å²) in [6, 6.07) is 4.03. The van der Waals surface area contributed by atoms with Crippen molar-refractivity contribution in [1.29, 1.82) is 0 Å². The molecule has 1 saturated heterocycles. The predicted molar refractivity (Wildman–Crippen MR) is 58.3 cm³/mol. The van der Waals surface area contributed by atoms with Crippen LogP contribution in [0.4, 0.5) is 0 Å². The normalized spacial score (nSPS) is 21.1.